The van der Waals surface area contributed by atoms with Crippen molar-refractivity contribution in [1.29, 1.82) is 0 Å². The summed E-state index contributed by atoms with van der Waals surface area (Å²) in [7, 11) is 0. The van der Waals surface area contributed by atoms with Crippen molar-refractivity contribution >= 4 is 11.3 Å². The van der Waals surface area contributed by atoms with Gasteiger partial charge >= 0.3 is 0 Å². The summed E-state index contributed by atoms with van der Waals surface area (Å²) >= 11 is 1.78. The Kier molecular flexibility index (Phi) is 4.97. The molecule has 1 aliphatic carbocycles. The van der Waals surface area contributed by atoms with Crippen LogP contribution < -0.4 is 5.32 Å². The number of rotatable bonds is 4. The maximum Gasteiger partial charge on any atom is 0.0897 e. The SMILES string of the molecule is CCC1CNC2(CCCCC2)CN1CCc1csc(C)n1. The van der Waals surface area contributed by atoms with E-state index in [2.05, 4.69) is 34.4 Å². The van der Waals surface area contributed by atoms with Gasteiger partial charge in [0.05, 0.1) is 10.7 Å². The molecule has 1 saturated carbocycles. The van der Waals surface area contributed by atoms with Crippen LogP contribution in [0.1, 0.15) is 56.2 Å². The molecular weight excluding hydrogens is 278 g/mol. The molecule has 1 spiro atoms. The fraction of sp³-hybridized carbons (Fsp3) is 0.824. The Morgan fingerprint density at radius 3 is 2.86 bits per heavy atom. The maximum absolute atomic E-state index is 4.63. The highest BCUT2D eigenvalue weighted by molar-refractivity contribution is 7.09. The molecule has 2 aliphatic rings. The monoisotopic (exact) mass is 307 g/mol. The Labute approximate surface area is 133 Å². The van der Waals surface area contributed by atoms with Crippen LogP contribution in [-0.2, 0) is 6.42 Å². The van der Waals surface area contributed by atoms with E-state index < -0.39 is 0 Å². The summed E-state index contributed by atoms with van der Waals surface area (Å²) in [5, 5.41) is 7.34. The lowest BCUT2D eigenvalue weighted by Gasteiger charge is -2.49. The number of aromatic nitrogens is 1. The van der Waals surface area contributed by atoms with Crippen LogP contribution >= 0.6 is 11.3 Å². The summed E-state index contributed by atoms with van der Waals surface area (Å²) in [5.41, 5.74) is 1.70. The van der Waals surface area contributed by atoms with E-state index in [-0.39, 0.29) is 0 Å². The highest BCUT2D eigenvalue weighted by Crippen LogP contribution is 2.32. The Hall–Kier alpha value is -0.450. The van der Waals surface area contributed by atoms with Crippen LogP contribution in [0.3, 0.4) is 0 Å². The Morgan fingerprint density at radius 1 is 1.38 bits per heavy atom. The summed E-state index contributed by atoms with van der Waals surface area (Å²) in [6.07, 6.45) is 9.34. The molecule has 3 rings (SSSR count). The molecule has 1 aromatic rings. The number of piperazine rings is 1. The third kappa shape index (κ3) is 3.66. The van der Waals surface area contributed by atoms with Gasteiger partial charge in [-0.2, -0.15) is 0 Å². The first kappa shape index (κ1) is 15.4. The van der Waals surface area contributed by atoms with Crippen LogP contribution in [0.5, 0.6) is 0 Å². The standard InChI is InChI=1S/C17H29N3S/c1-3-16-11-18-17(8-5-4-6-9-17)13-20(16)10-7-15-12-21-14(2)19-15/h12,16,18H,3-11,13H2,1-2H3. The van der Waals surface area contributed by atoms with Crippen molar-refractivity contribution in [2.45, 2.75) is 70.4 Å². The number of thiazole rings is 1. The van der Waals surface area contributed by atoms with Gasteiger partial charge in [0.1, 0.15) is 0 Å². The lowest BCUT2D eigenvalue weighted by molar-refractivity contribution is 0.0548. The van der Waals surface area contributed by atoms with Gasteiger partial charge in [-0.1, -0.05) is 26.2 Å². The Balaban J connectivity index is 1.62. The normalized spacial score (nSPS) is 26.3. The summed E-state index contributed by atoms with van der Waals surface area (Å²) in [6.45, 7) is 8.02. The van der Waals surface area contributed by atoms with E-state index in [0.29, 0.717) is 11.6 Å². The number of hydrogen-bond acceptors (Lipinski definition) is 4. The lowest BCUT2D eigenvalue weighted by Crippen LogP contribution is -2.64. The van der Waals surface area contributed by atoms with Crippen LogP contribution in [0.2, 0.25) is 0 Å². The van der Waals surface area contributed by atoms with Crippen LogP contribution in [0.4, 0.5) is 0 Å². The molecule has 1 saturated heterocycles. The highest BCUT2D eigenvalue weighted by atomic mass is 32.1. The van der Waals surface area contributed by atoms with E-state index in [1.807, 2.05) is 0 Å². The molecule has 1 N–H and O–H groups in total. The van der Waals surface area contributed by atoms with Crippen LogP contribution in [0, 0.1) is 6.92 Å². The van der Waals surface area contributed by atoms with Crippen molar-refractivity contribution in [1.82, 2.24) is 15.2 Å². The Morgan fingerprint density at radius 2 is 2.19 bits per heavy atom. The van der Waals surface area contributed by atoms with Gasteiger partial charge in [0.25, 0.3) is 0 Å². The van der Waals surface area contributed by atoms with Crippen molar-refractivity contribution in [3.63, 3.8) is 0 Å². The van der Waals surface area contributed by atoms with Crippen LogP contribution in [-0.4, -0.2) is 41.1 Å². The zero-order chi connectivity index (χ0) is 14.7. The predicted octanol–water partition coefficient (Wildman–Crippen LogP) is 3.38. The molecule has 1 aliphatic heterocycles. The molecule has 0 bridgehead atoms. The maximum atomic E-state index is 4.63. The topological polar surface area (TPSA) is 28.2 Å². The largest absolute Gasteiger partial charge is 0.308 e. The molecule has 1 atom stereocenters. The van der Waals surface area contributed by atoms with E-state index in [1.165, 1.54) is 68.9 Å². The second-order valence-corrected chi connectivity index (χ2v) is 7.92. The fourth-order valence-electron chi connectivity index (χ4n) is 4.05. The van der Waals surface area contributed by atoms with Gasteiger partial charge in [0.15, 0.2) is 0 Å². The minimum Gasteiger partial charge on any atom is -0.308 e. The molecule has 4 heteroatoms. The van der Waals surface area contributed by atoms with Gasteiger partial charge in [-0.05, 0) is 26.2 Å². The quantitative estimate of drug-likeness (QED) is 0.924. The van der Waals surface area contributed by atoms with E-state index in [4.69, 9.17) is 0 Å². The number of aryl methyl sites for hydroxylation is 1. The molecular formula is C17H29N3S. The van der Waals surface area contributed by atoms with Crippen LogP contribution in [0.15, 0.2) is 5.38 Å². The van der Waals surface area contributed by atoms with Gasteiger partial charge in [-0.25, -0.2) is 4.98 Å². The Bertz CT molecular complexity index is 451. The third-order valence-corrected chi connectivity index (χ3v) is 6.16. The number of hydrogen-bond donors (Lipinski definition) is 1. The first-order valence-corrected chi connectivity index (χ1v) is 9.49. The van der Waals surface area contributed by atoms with Crippen molar-refractivity contribution in [2.24, 2.45) is 0 Å². The van der Waals surface area contributed by atoms with Crippen molar-refractivity contribution in [3.05, 3.63) is 16.1 Å². The van der Waals surface area contributed by atoms with Crippen LogP contribution in [0.25, 0.3) is 0 Å². The van der Waals surface area contributed by atoms with Crippen molar-refractivity contribution < 1.29 is 0 Å². The molecule has 3 nitrogen and oxygen atoms in total. The number of nitrogens with zero attached hydrogens (tertiary/aromatic N) is 2. The predicted molar refractivity (Wildman–Crippen MR) is 90.0 cm³/mol. The molecule has 2 heterocycles. The first-order chi connectivity index (χ1) is 10.2. The summed E-state index contributed by atoms with van der Waals surface area (Å²) in [6, 6.07) is 0.706. The van der Waals surface area contributed by atoms with Gasteiger partial charge in [0, 0.05) is 43.0 Å². The minimum absolute atomic E-state index is 0.419. The zero-order valence-corrected chi connectivity index (χ0v) is 14.3. The third-order valence-electron chi connectivity index (χ3n) is 5.34. The van der Waals surface area contributed by atoms with E-state index in [0.717, 1.165) is 6.42 Å². The van der Waals surface area contributed by atoms with Gasteiger partial charge in [-0.15, -0.1) is 11.3 Å². The van der Waals surface area contributed by atoms with Gasteiger partial charge in [-0.3, -0.25) is 4.90 Å². The second kappa shape index (κ2) is 6.76. The molecule has 1 aromatic heterocycles. The average molecular weight is 308 g/mol. The fourth-order valence-corrected chi connectivity index (χ4v) is 4.69. The van der Waals surface area contributed by atoms with E-state index in [9.17, 15) is 0 Å². The smallest absolute Gasteiger partial charge is 0.0897 e. The van der Waals surface area contributed by atoms with Crippen molar-refractivity contribution in [2.75, 3.05) is 19.6 Å². The second-order valence-electron chi connectivity index (χ2n) is 6.86. The summed E-state index contributed by atoms with van der Waals surface area (Å²) in [5.74, 6) is 0. The molecule has 21 heavy (non-hydrogen) atoms. The molecule has 118 valence electrons. The molecule has 0 aromatic carbocycles. The summed E-state index contributed by atoms with van der Waals surface area (Å²) in [4.78, 5) is 7.37. The minimum atomic E-state index is 0.419. The lowest BCUT2D eigenvalue weighted by atomic mass is 9.79. The highest BCUT2D eigenvalue weighted by Gasteiger charge is 2.39. The number of nitrogens with one attached hydrogen (secondary N) is 1. The van der Waals surface area contributed by atoms with E-state index >= 15 is 0 Å². The van der Waals surface area contributed by atoms with Gasteiger partial charge < -0.3 is 5.32 Å². The molecule has 2 fully saturated rings. The first-order valence-electron chi connectivity index (χ1n) is 8.61. The molecule has 1 unspecified atom stereocenters. The average Bonchev–Trinajstić information content (AvgIpc) is 2.92. The summed E-state index contributed by atoms with van der Waals surface area (Å²) < 4.78 is 0. The molecule has 0 amide bonds. The van der Waals surface area contributed by atoms with Crippen molar-refractivity contribution in [3.8, 4) is 0 Å². The van der Waals surface area contributed by atoms with Gasteiger partial charge in [0.2, 0.25) is 0 Å². The zero-order valence-electron chi connectivity index (χ0n) is 13.5. The van der Waals surface area contributed by atoms with E-state index in [1.54, 1.807) is 11.3 Å². The molecule has 0 radical (unpaired) electrons.